The molecule has 6 heteroatoms. The molecule has 6 nitrogen and oxygen atoms in total. The fourth-order valence-electron chi connectivity index (χ4n) is 1.05. The van der Waals surface area contributed by atoms with E-state index in [2.05, 4.69) is 10.4 Å². The van der Waals surface area contributed by atoms with Gasteiger partial charge < -0.3 is 20.9 Å². The molecule has 1 aromatic heterocycles. The Balaban J connectivity index is 2.21. The van der Waals surface area contributed by atoms with E-state index >= 15 is 0 Å². The molecule has 0 fully saturated rings. The van der Waals surface area contributed by atoms with Crippen LogP contribution in [0, 0.1) is 0 Å². The summed E-state index contributed by atoms with van der Waals surface area (Å²) in [6, 6.07) is 0. The molecule has 80 valence electrons. The van der Waals surface area contributed by atoms with Crippen molar-refractivity contribution in [2.45, 2.75) is 0 Å². The average Bonchev–Trinajstić information content (AvgIpc) is 2.45. The van der Waals surface area contributed by atoms with Crippen molar-refractivity contribution in [3.8, 4) is 0 Å². The Kier molecular flexibility index (Phi) is 4.21. The maximum atomic E-state index is 8.45. The first-order chi connectivity index (χ1) is 6.74. The van der Waals surface area contributed by atoms with Crippen LogP contribution in [0.5, 0.6) is 0 Å². The molecule has 0 bridgehead atoms. The van der Waals surface area contributed by atoms with Crippen LogP contribution in [-0.2, 0) is 11.8 Å². The summed E-state index contributed by atoms with van der Waals surface area (Å²) in [5.41, 5.74) is 6.28. The molecule has 1 heterocycles. The third kappa shape index (κ3) is 3.23. The number of ether oxygens (including phenoxy) is 1. The predicted octanol–water partition coefficient (Wildman–Crippen LogP) is -0.577. The van der Waals surface area contributed by atoms with Gasteiger partial charge in [0.25, 0.3) is 0 Å². The largest absolute Gasteiger partial charge is 0.394 e. The number of aromatic nitrogens is 2. The van der Waals surface area contributed by atoms with Crippen molar-refractivity contribution in [2.24, 2.45) is 7.05 Å². The van der Waals surface area contributed by atoms with Gasteiger partial charge in [-0.05, 0) is 0 Å². The van der Waals surface area contributed by atoms with Crippen molar-refractivity contribution >= 4 is 11.5 Å². The first kappa shape index (κ1) is 10.8. The molecule has 0 aromatic carbocycles. The summed E-state index contributed by atoms with van der Waals surface area (Å²) in [5.74, 6) is 0.667. The van der Waals surface area contributed by atoms with Crippen LogP contribution in [0.25, 0.3) is 0 Å². The van der Waals surface area contributed by atoms with E-state index in [1.807, 2.05) is 7.05 Å². The van der Waals surface area contributed by atoms with E-state index in [0.29, 0.717) is 31.3 Å². The van der Waals surface area contributed by atoms with Crippen molar-refractivity contribution in [1.29, 1.82) is 0 Å². The van der Waals surface area contributed by atoms with Crippen molar-refractivity contribution in [3.63, 3.8) is 0 Å². The van der Waals surface area contributed by atoms with Gasteiger partial charge in [-0.15, -0.1) is 0 Å². The number of aliphatic hydroxyl groups excluding tert-OH is 1. The quantitative estimate of drug-likeness (QED) is 0.535. The second kappa shape index (κ2) is 5.46. The zero-order valence-electron chi connectivity index (χ0n) is 8.23. The van der Waals surface area contributed by atoms with Gasteiger partial charge in [-0.1, -0.05) is 0 Å². The summed E-state index contributed by atoms with van der Waals surface area (Å²) >= 11 is 0. The van der Waals surface area contributed by atoms with E-state index in [-0.39, 0.29) is 6.61 Å². The first-order valence-corrected chi connectivity index (χ1v) is 4.45. The lowest BCUT2D eigenvalue weighted by Crippen LogP contribution is -2.12. The van der Waals surface area contributed by atoms with Gasteiger partial charge in [0.1, 0.15) is 0 Å². The van der Waals surface area contributed by atoms with Gasteiger partial charge in [0, 0.05) is 19.8 Å². The molecule has 0 saturated heterocycles. The Morgan fingerprint density at radius 2 is 2.43 bits per heavy atom. The van der Waals surface area contributed by atoms with Crippen LogP contribution in [0.1, 0.15) is 0 Å². The number of aryl methyl sites for hydroxylation is 1. The lowest BCUT2D eigenvalue weighted by Gasteiger charge is -2.04. The van der Waals surface area contributed by atoms with Crippen molar-refractivity contribution in [3.05, 3.63) is 6.20 Å². The highest BCUT2D eigenvalue weighted by atomic mass is 16.5. The molecule has 1 aromatic rings. The zero-order valence-corrected chi connectivity index (χ0v) is 8.23. The molecule has 0 radical (unpaired) electrons. The van der Waals surface area contributed by atoms with Gasteiger partial charge in [-0.2, -0.15) is 5.10 Å². The van der Waals surface area contributed by atoms with E-state index in [0.717, 1.165) is 0 Å². The van der Waals surface area contributed by atoms with E-state index in [9.17, 15) is 0 Å². The smallest absolute Gasteiger partial charge is 0.171 e. The molecule has 1 rings (SSSR count). The molecule has 0 atom stereocenters. The maximum Gasteiger partial charge on any atom is 0.171 e. The average molecular weight is 200 g/mol. The highest BCUT2D eigenvalue weighted by Gasteiger charge is 2.01. The topological polar surface area (TPSA) is 85.3 Å². The molecular formula is C8H16N4O2. The normalized spacial score (nSPS) is 10.4. The number of anilines is 2. The molecule has 0 aliphatic heterocycles. The lowest BCUT2D eigenvalue weighted by atomic mass is 10.5. The zero-order chi connectivity index (χ0) is 10.4. The number of nitrogens with zero attached hydrogens (tertiary/aromatic N) is 2. The summed E-state index contributed by atoms with van der Waals surface area (Å²) in [6.45, 7) is 1.56. The van der Waals surface area contributed by atoms with Crippen LogP contribution in [0.15, 0.2) is 6.20 Å². The van der Waals surface area contributed by atoms with E-state index in [1.54, 1.807) is 10.9 Å². The summed E-state index contributed by atoms with van der Waals surface area (Å²) in [6.07, 6.45) is 1.73. The minimum Gasteiger partial charge on any atom is -0.394 e. The number of aliphatic hydroxyl groups is 1. The van der Waals surface area contributed by atoms with Crippen LogP contribution in [0.2, 0.25) is 0 Å². The van der Waals surface area contributed by atoms with E-state index in [4.69, 9.17) is 15.6 Å². The number of nitrogen functional groups attached to an aromatic ring is 1. The van der Waals surface area contributed by atoms with Crippen molar-refractivity contribution in [2.75, 3.05) is 37.4 Å². The first-order valence-electron chi connectivity index (χ1n) is 4.45. The molecule has 0 unspecified atom stereocenters. The minimum atomic E-state index is 0.0473. The highest BCUT2D eigenvalue weighted by molar-refractivity contribution is 5.59. The lowest BCUT2D eigenvalue weighted by molar-refractivity contribution is 0.0992. The maximum absolute atomic E-state index is 8.45. The number of hydrogen-bond donors (Lipinski definition) is 3. The molecule has 0 aliphatic rings. The summed E-state index contributed by atoms with van der Waals surface area (Å²) in [7, 11) is 1.81. The third-order valence-corrected chi connectivity index (χ3v) is 1.63. The van der Waals surface area contributed by atoms with E-state index in [1.165, 1.54) is 0 Å². The SMILES string of the molecule is Cn1cc(N)c(NCCOCCO)n1. The van der Waals surface area contributed by atoms with Crippen LogP contribution in [-0.4, -0.2) is 41.3 Å². The number of hydrogen-bond acceptors (Lipinski definition) is 5. The predicted molar refractivity (Wildman–Crippen MR) is 54.0 cm³/mol. The number of nitrogens with two attached hydrogens (primary N) is 1. The summed E-state index contributed by atoms with van der Waals surface area (Å²) in [5, 5.41) is 15.6. The van der Waals surface area contributed by atoms with Gasteiger partial charge in [-0.25, -0.2) is 0 Å². The van der Waals surface area contributed by atoms with Gasteiger partial charge in [-0.3, -0.25) is 4.68 Å². The Bertz CT molecular complexity index is 274. The number of rotatable bonds is 6. The highest BCUT2D eigenvalue weighted by Crippen LogP contribution is 2.13. The molecule has 0 spiro atoms. The van der Waals surface area contributed by atoms with Gasteiger partial charge >= 0.3 is 0 Å². The van der Waals surface area contributed by atoms with Crippen LogP contribution >= 0.6 is 0 Å². The third-order valence-electron chi connectivity index (χ3n) is 1.63. The van der Waals surface area contributed by atoms with Crippen molar-refractivity contribution < 1.29 is 9.84 Å². The second-order valence-corrected chi connectivity index (χ2v) is 2.87. The number of nitrogens with one attached hydrogen (secondary N) is 1. The Hall–Kier alpha value is -1.27. The minimum absolute atomic E-state index is 0.0473. The summed E-state index contributed by atoms with van der Waals surface area (Å²) < 4.78 is 6.71. The Labute approximate surface area is 82.7 Å². The van der Waals surface area contributed by atoms with E-state index < -0.39 is 0 Å². The molecular weight excluding hydrogens is 184 g/mol. The van der Waals surface area contributed by atoms with Gasteiger partial charge in [0.2, 0.25) is 0 Å². The van der Waals surface area contributed by atoms with Crippen LogP contribution in [0.4, 0.5) is 11.5 Å². The van der Waals surface area contributed by atoms with Gasteiger partial charge in [0.15, 0.2) is 5.82 Å². The molecule has 0 aliphatic carbocycles. The van der Waals surface area contributed by atoms with Crippen molar-refractivity contribution in [1.82, 2.24) is 9.78 Å². The van der Waals surface area contributed by atoms with Gasteiger partial charge in [0.05, 0.1) is 25.5 Å². The molecule has 4 N–H and O–H groups in total. The fourth-order valence-corrected chi connectivity index (χ4v) is 1.05. The Morgan fingerprint density at radius 1 is 1.64 bits per heavy atom. The Morgan fingerprint density at radius 3 is 3.00 bits per heavy atom. The monoisotopic (exact) mass is 200 g/mol. The van der Waals surface area contributed by atoms with Crippen LogP contribution in [0.3, 0.4) is 0 Å². The summed E-state index contributed by atoms with van der Waals surface area (Å²) in [4.78, 5) is 0. The van der Waals surface area contributed by atoms with Crippen LogP contribution < -0.4 is 11.1 Å². The molecule has 14 heavy (non-hydrogen) atoms. The molecule has 0 amide bonds. The fraction of sp³-hybridized carbons (Fsp3) is 0.625. The molecule has 0 saturated carbocycles. The standard InChI is InChI=1S/C8H16N4O2/c1-12-6-7(9)8(11-12)10-2-4-14-5-3-13/h6,13H,2-5,9H2,1H3,(H,10,11). The second-order valence-electron chi connectivity index (χ2n) is 2.87.